The maximum absolute atomic E-state index is 12.6. The van der Waals surface area contributed by atoms with Crippen LogP contribution in [0.5, 0.6) is 0 Å². The van der Waals surface area contributed by atoms with Gasteiger partial charge in [-0.2, -0.15) is 0 Å². The van der Waals surface area contributed by atoms with Crippen LogP contribution >= 0.6 is 0 Å². The van der Waals surface area contributed by atoms with Crippen molar-refractivity contribution >= 4 is 17.6 Å². The van der Waals surface area contributed by atoms with E-state index in [1.807, 2.05) is 13.8 Å². The Balaban J connectivity index is 2.40. The van der Waals surface area contributed by atoms with Gasteiger partial charge in [0, 0.05) is 30.6 Å². The number of carboxylic acid groups (broad SMARTS) is 1. The van der Waals surface area contributed by atoms with Crippen LogP contribution in [0.2, 0.25) is 0 Å². The quantitative estimate of drug-likeness (QED) is 0.605. The molecule has 2 aromatic rings. The van der Waals surface area contributed by atoms with E-state index in [0.717, 1.165) is 6.07 Å². The Morgan fingerprint density at radius 3 is 2.64 bits per heavy atom. The standard InChI is InChI=1S/C16H18N4O5/c1-11(2)8-19(9-15(21)22)16(23)12-3-4-13(14(7-12)20(24)25)18-6-5-17-10-18/h3-7,10-11H,8-9H2,1-2H3,(H,21,22). The normalized spacial score (nSPS) is 10.7. The molecule has 0 atom stereocenters. The van der Waals surface area contributed by atoms with Crippen LogP contribution in [0.25, 0.3) is 5.69 Å². The van der Waals surface area contributed by atoms with Gasteiger partial charge in [-0.05, 0) is 18.1 Å². The molecule has 1 N–H and O–H groups in total. The van der Waals surface area contributed by atoms with Gasteiger partial charge in [0.1, 0.15) is 12.2 Å². The summed E-state index contributed by atoms with van der Waals surface area (Å²) in [5.74, 6) is -1.64. The third kappa shape index (κ3) is 4.40. The third-order valence-electron chi connectivity index (χ3n) is 3.40. The van der Waals surface area contributed by atoms with Gasteiger partial charge in [0.05, 0.1) is 11.3 Å². The number of carboxylic acids is 1. The second-order valence-corrected chi connectivity index (χ2v) is 5.90. The minimum atomic E-state index is -1.14. The average Bonchev–Trinajstić information content (AvgIpc) is 3.06. The van der Waals surface area contributed by atoms with Gasteiger partial charge >= 0.3 is 5.97 Å². The predicted octanol–water partition coefficient (Wildman–Crippen LogP) is 1.96. The molecule has 9 nitrogen and oxygen atoms in total. The van der Waals surface area contributed by atoms with E-state index in [1.165, 1.54) is 34.1 Å². The number of carbonyl (C=O) groups excluding carboxylic acids is 1. The fraction of sp³-hybridized carbons (Fsp3) is 0.312. The van der Waals surface area contributed by atoms with Crippen LogP contribution in [-0.4, -0.2) is 49.4 Å². The number of nitro groups is 1. The highest BCUT2D eigenvalue weighted by Crippen LogP contribution is 2.25. The summed E-state index contributed by atoms with van der Waals surface area (Å²) in [6.07, 6.45) is 4.46. The number of imidazole rings is 1. The van der Waals surface area contributed by atoms with E-state index in [2.05, 4.69) is 4.98 Å². The Morgan fingerprint density at radius 1 is 1.40 bits per heavy atom. The average molecular weight is 346 g/mol. The van der Waals surface area contributed by atoms with Crippen molar-refractivity contribution in [3.63, 3.8) is 0 Å². The number of amides is 1. The Bertz CT molecular complexity index is 786. The molecule has 1 heterocycles. The first kappa shape index (κ1) is 18.1. The highest BCUT2D eigenvalue weighted by atomic mass is 16.6. The fourth-order valence-corrected chi connectivity index (χ4v) is 2.43. The van der Waals surface area contributed by atoms with Crippen molar-refractivity contribution in [2.24, 2.45) is 5.92 Å². The fourth-order valence-electron chi connectivity index (χ4n) is 2.43. The van der Waals surface area contributed by atoms with Gasteiger partial charge in [0.25, 0.3) is 11.6 Å². The molecule has 0 aliphatic carbocycles. The highest BCUT2D eigenvalue weighted by molar-refractivity contribution is 5.96. The van der Waals surface area contributed by atoms with Crippen LogP contribution in [0.15, 0.2) is 36.9 Å². The molecule has 0 spiro atoms. The predicted molar refractivity (Wildman–Crippen MR) is 88.6 cm³/mol. The van der Waals surface area contributed by atoms with Crippen LogP contribution in [0.3, 0.4) is 0 Å². The van der Waals surface area contributed by atoms with Gasteiger partial charge in [-0.3, -0.25) is 19.7 Å². The largest absolute Gasteiger partial charge is 0.480 e. The van der Waals surface area contributed by atoms with Crippen LogP contribution in [0.4, 0.5) is 5.69 Å². The molecule has 1 aromatic carbocycles. The number of aromatic nitrogens is 2. The summed E-state index contributed by atoms with van der Waals surface area (Å²) in [5.41, 5.74) is 0.0776. The maximum Gasteiger partial charge on any atom is 0.323 e. The molecule has 25 heavy (non-hydrogen) atoms. The monoisotopic (exact) mass is 346 g/mol. The maximum atomic E-state index is 12.6. The van der Waals surface area contributed by atoms with Gasteiger partial charge in [0.15, 0.2) is 0 Å². The van der Waals surface area contributed by atoms with Crippen molar-refractivity contribution in [2.75, 3.05) is 13.1 Å². The molecule has 0 radical (unpaired) electrons. The van der Waals surface area contributed by atoms with Gasteiger partial charge < -0.3 is 14.6 Å². The molecule has 0 aliphatic rings. The SMILES string of the molecule is CC(C)CN(CC(=O)O)C(=O)c1ccc(-n2ccnc2)c([N+](=O)[O-])c1. The first-order chi connectivity index (χ1) is 11.8. The Kier molecular flexibility index (Phi) is 5.48. The zero-order chi connectivity index (χ0) is 18.6. The van der Waals surface area contributed by atoms with Gasteiger partial charge in [-0.15, -0.1) is 0 Å². The lowest BCUT2D eigenvalue weighted by molar-refractivity contribution is -0.384. The van der Waals surface area contributed by atoms with Crippen LogP contribution in [0, 0.1) is 16.0 Å². The molecule has 0 saturated heterocycles. The summed E-state index contributed by atoms with van der Waals surface area (Å²) in [7, 11) is 0. The summed E-state index contributed by atoms with van der Waals surface area (Å²) >= 11 is 0. The second-order valence-electron chi connectivity index (χ2n) is 5.90. The smallest absolute Gasteiger partial charge is 0.323 e. The summed E-state index contributed by atoms with van der Waals surface area (Å²) in [5, 5.41) is 20.4. The van der Waals surface area contributed by atoms with Crippen LogP contribution in [0.1, 0.15) is 24.2 Å². The van der Waals surface area contributed by atoms with E-state index in [9.17, 15) is 19.7 Å². The van der Waals surface area contributed by atoms with E-state index >= 15 is 0 Å². The highest BCUT2D eigenvalue weighted by Gasteiger charge is 2.23. The van der Waals surface area contributed by atoms with Crippen molar-refractivity contribution in [3.05, 3.63) is 52.6 Å². The Hall–Kier alpha value is -3.23. The van der Waals surface area contributed by atoms with E-state index in [4.69, 9.17) is 5.11 Å². The number of hydrogen-bond acceptors (Lipinski definition) is 5. The number of nitro benzene ring substituents is 1. The molecule has 0 fully saturated rings. The number of carbonyl (C=O) groups is 2. The summed E-state index contributed by atoms with van der Waals surface area (Å²) in [4.78, 5) is 39.4. The molecule has 0 bridgehead atoms. The molecular formula is C16H18N4O5. The Morgan fingerprint density at radius 2 is 2.12 bits per heavy atom. The molecule has 1 aromatic heterocycles. The first-order valence-corrected chi connectivity index (χ1v) is 7.57. The van der Waals surface area contributed by atoms with Crippen molar-refractivity contribution in [3.8, 4) is 5.69 Å². The van der Waals surface area contributed by atoms with Crippen molar-refractivity contribution in [1.82, 2.24) is 14.5 Å². The number of aliphatic carboxylic acids is 1. The Labute approximate surface area is 143 Å². The van der Waals surface area contributed by atoms with E-state index in [1.54, 1.807) is 6.20 Å². The number of rotatable bonds is 7. The molecule has 1 amide bonds. The molecule has 2 rings (SSSR count). The van der Waals surface area contributed by atoms with Gasteiger partial charge in [-0.25, -0.2) is 4.98 Å². The molecule has 9 heteroatoms. The molecule has 132 valence electrons. The van der Waals surface area contributed by atoms with Crippen molar-refractivity contribution < 1.29 is 19.6 Å². The second kappa shape index (κ2) is 7.56. The van der Waals surface area contributed by atoms with Crippen LogP contribution in [-0.2, 0) is 4.79 Å². The van der Waals surface area contributed by atoms with Gasteiger partial charge in [-0.1, -0.05) is 13.8 Å². The van der Waals surface area contributed by atoms with E-state index in [0.29, 0.717) is 0 Å². The van der Waals surface area contributed by atoms with Crippen molar-refractivity contribution in [2.45, 2.75) is 13.8 Å². The molecule has 0 unspecified atom stereocenters. The lowest BCUT2D eigenvalue weighted by atomic mass is 10.1. The molecule has 0 aliphatic heterocycles. The lowest BCUT2D eigenvalue weighted by Gasteiger charge is -2.22. The minimum Gasteiger partial charge on any atom is -0.480 e. The molecule has 0 saturated carbocycles. The van der Waals surface area contributed by atoms with Crippen molar-refractivity contribution in [1.29, 1.82) is 0 Å². The number of benzene rings is 1. The lowest BCUT2D eigenvalue weighted by Crippen LogP contribution is -2.38. The van der Waals surface area contributed by atoms with Gasteiger partial charge in [0.2, 0.25) is 0 Å². The van der Waals surface area contributed by atoms with E-state index in [-0.39, 0.29) is 29.4 Å². The number of hydrogen-bond donors (Lipinski definition) is 1. The summed E-state index contributed by atoms with van der Waals surface area (Å²) in [6.45, 7) is 3.48. The van der Waals surface area contributed by atoms with E-state index < -0.39 is 23.3 Å². The number of nitrogens with zero attached hydrogens (tertiary/aromatic N) is 4. The summed E-state index contributed by atoms with van der Waals surface area (Å²) in [6, 6.07) is 4.05. The topological polar surface area (TPSA) is 119 Å². The zero-order valence-corrected chi connectivity index (χ0v) is 13.8. The minimum absolute atomic E-state index is 0.0588. The third-order valence-corrected chi connectivity index (χ3v) is 3.40. The molecular weight excluding hydrogens is 328 g/mol. The summed E-state index contributed by atoms with van der Waals surface area (Å²) < 4.78 is 1.47. The van der Waals surface area contributed by atoms with Crippen LogP contribution < -0.4 is 0 Å². The zero-order valence-electron chi connectivity index (χ0n) is 13.8. The first-order valence-electron chi connectivity index (χ1n) is 7.57.